The lowest BCUT2D eigenvalue weighted by atomic mass is 10.1. The number of hydrogen-bond donors (Lipinski definition) is 0. The predicted octanol–water partition coefficient (Wildman–Crippen LogP) is 2.76. The summed E-state index contributed by atoms with van der Waals surface area (Å²) in [6.45, 7) is 6.55. The van der Waals surface area contributed by atoms with E-state index in [4.69, 9.17) is 0 Å². The van der Waals surface area contributed by atoms with Crippen molar-refractivity contribution in [3.63, 3.8) is 0 Å². The van der Waals surface area contributed by atoms with Crippen LogP contribution in [0.15, 0.2) is 22.7 Å². The number of benzene rings is 1. The average Bonchev–Trinajstić information content (AvgIpc) is 2.39. The number of amides is 1. The molecule has 1 heterocycles. The van der Waals surface area contributed by atoms with Crippen LogP contribution in [0, 0.1) is 5.82 Å². The molecule has 1 aromatic rings. The first kappa shape index (κ1) is 14.5. The highest BCUT2D eigenvalue weighted by Gasteiger charge is 2.23. The van der Waals surface area contributed by atoms with Crippen LogP contribution in [0.2, 0.25) is 0 Å². The fourth-order valence-electron chi connectivity index (χ4n) is 2.32. The molecule has 0 atom stereocenters. The van der Waals surface area contributed by atoms with Gasteiger partial charge in [-0.25, -0.2) is 4.39 Å². The van der Waals surface area contributed by atoms with Crippen LogP contribution in [0.4, 0.5) is 4.39 Å². The van der Waals surface area contributed by atoms with Gasteiger partial charge in [0, 0.05) is 30.7 Å². The van der Waals surface area contributed by atoms with Crippen molar-refractivity contribution in [3.05, 3.63) is 34.1 Å². The number of rotatable bonds is 3. The van der Waals surface area contributed by atoms with Gasteiger partial charge in [0.05, 0.1) is 5.56 Å². The maximum Gasteiger partial charge on any atom is 0.255 e. The Morgan fingerprint density at radius 1 is 1.32 bits per heavy atom. The number of nitrogens with zero attached hydrogens (tertiary/aromatic N) is 2. The highest BCUT2D eigenvalue weighted by molar-refractivity contribution is 9.10. The summed E-state index contributed by atoms with van der Waals surface area (Å²) < 4.78 is 13.5. The molecule has 0 aromatic heterocycles. The van der Waals surface area contributed by atoms with Crippen LogP contribution in [0.5, 0.6) is 0 Å². The fraction of sp³-hybridized carbons (Fsp3) is 0.500. The standard InChI is InChI=1S/C14H18BrFN2O/c1-2-5-17-6-8-18(9-7-17)14(19)12-4-3-11(16)10-13(12)15/h3-4,10H,2,5-9H2,1H3. The molecule has 1 amide bonds. The molecule has 1 aromatic carbocycles. The monoisotopic (exact) mass is 328 g/mol. The van der Waals surface area contributed by atoms with E-state index < -0.39 is 0 Å². The number of carbonyl (C=O) groups excluding carboxylic acids is 1. The number of piperazine rings is 1. The van der Waals surface area contributed by atoms with Gasteiger partial charge in [-0.3, -0.25) is 9.69 Å². The van der Waals surface area contributed by atoms with Gasteiger partial charge in [-0.1, -0.05) is 6.92 Å². The minimum atomic E-state index is -0.337. The Balaban J connectivity index is 2.01. The summed E-state index contributed by atoms with van der Waals surface area (Å²) in [5, 5.41) is 0. The van der Waals surface area contributed by atoms with Crippen molar-refractivity contribution in [2.75, 3.05) is 32.7 Å². The molecule has 0 bridgehead atoms. The summed E-state index contributed by atoms with van der Waals surface area (Å²) in [4.78, 5) is 16.6. The molecule has 0 unspecified atom stereocenters. The summed E-state index contributed by atoms with van der Waals surface area (Å²) >= 11 is 3.25. The van der Waals surface area contributed by atoms with Gasteiger partial charge in [0.1, 0.15) is 5.82 Å². The minimum absolute atomic E-state index is 0.0250. The normalized spacial score (nSPS) is 16.7. The fourth-order valence-corrected chi connectivity index (χ4v) is 2.84. The van der Waals surface area contributed by atoms with Gasteiger partial charge < -0.3 is 4.90 Å². The van der Waals surface area contributed by atoms with E-state index in [1.807, 2.05) is 4.90 Å². The molecule has 1 aliphatic rings. The Morgan fingerprint density at radius 3 is 2.58 bits per heavy atom. The smallest absolute Gasteiger partial charge is 0.255 e. The highest BCUT2D eigenvalue weighted by atomic mass is 79.9. The van der Waals surface area contributed by atoms with E-state index in [2.05, 4.69) is 27.8 Å². The maximum absolute atomic E-state index is 13.0. The van der Waals surface area contributed by atoms with E-state index >= 15 is 0 Å². The number of halogens is 2. The SMILES string of the molecule is CCCN1CCN(C(=O)c2ccc(F)cc2Br)CC1. The number of carbonyl (C=O) groups is 1. The Kier molecular flexibility index (Phi) is 4.93. The van der Waals surface area contributed by atoms with Crippen LogP contribution in [0.3, 0.4) is 0 Å². The minimum Gasteiger partial charge on any atom is -0.336 e. The molecule has 1 saturated heterocycles. The topological polar surface area (TPSA) is 23.6 Å². The molecule has 0 radical (unpaired) electrons. The molecule has 0 aliphatic carbocycles. The maximum atomic E-state index is 13.0. The van der Waals surface area contributed by atoms with Crippen molar-refractivity contribution >= 4 is 21.8 Å². The molecule has 3 nitrogen and oxygen atoms in total. The van der Waals surface area contributed by atoms with Crippen molar-refractivity contribution in [2.45, 2.75) is 13.3 Å². The molecular weight excluding hydrogens is 311 g/mol. The second-order valence-electron chi connectivity index (χ2n) is 4.76. The molecule has 0 spiro atoms. The first-order valence-electron chi connectivity index (χ1n) is 6.58. The van der Waals surface area contributed by atoms with E-state index in [9.17, 15) is 9.18 Å². The third-order valence-electron chi connectivity index (χ3n) is 3.36. The van der Waals surface area contributed by atoms with Crippen molar-refractivity contribution in [1.82, 2.24) is 9.80 Å². The van der Waals surface area contributed by atoms with Gasteiger partial charge in [0.25, 0.3) is 5.91 Å². The molecule has 19 heavy (non-hydrogen) atoms. The molecule has 104 valence electrons. The summed E-state index contributed by atoms with van der Waals surface area (Å²) in [6.07, 6.45) is 1.14. The van der Waals surface area contributed by atoms with Crippen LogP contribution in [0.25, 0.3) is 0 Å². The average molecular weight is 329 g/mol. The van der Waals surface area contributed by atoms with Crippen molar-refractivity contribution in [3.8, 4) is 0 Å². The quantitative estimate of drug-likeness (QED) is 0.851. The highest BCUT2D eigenvalue weighted by Crippen LogP contribution is 2.20. The molecular formula is C14H18BrFN2O. The summed E-state index contributed by atoms with van der Waals surface area (Å²) in [5.41, 5.74) is 0.533. The van der Waals surface area contributed by atoms with Gasteiger partial charge >= 0.3 is 0 Å². The largest absolute Gasteiger partial charge is 0.336 e. The third kappa shape index (κ3) is 3.54. The summed E-state index contributed by atoms with van der Waals surface area (Å²) in [7, 11) is 0. The van der Waals surface area contributed by atoms with Crippen LogP contribution < -0.4 is 0 Å². The third-order valence-corrected chi connectivity index (χ3v) is 4.02. The first-order chi connectivity index (χ1) is 9.11. The van der Waals surface area contributed by atoms with E-state index in [1.54, 1.807) is 6.07 Å². The van der Waals surface area contributed by atoms with Gasteiger partial charge in [0.2, 0.25) is 0 Å². The van der Waals surface area contributed by atoms with Gasteiger partial charge in [-0.15, -0.1) is 0 Å². The lowest BCUT2D eigenvalue weighted by Gasteiger charge is -2.34. The Hall–Kier alpha value is -0.940. The zero-order chi connectivity index (χ0) is 13.8. The van der Waals surface area contributed by atoms with E-state index in [0.29, 0.717) is 10.0 Å². The zero-order valence-electron chi connectivity index (χ0n) is 11.0. The van der Waals surface area contributed by atoms with Crippen LogP contribution >= 0.6 is 15.9 Å². The van der Waals surface area contributed by atoms with Gasteiger partial charge in [-0.05, 0) is 47.1 Å². The Bertz CT molecular complexity index is 459. The molecule has 1 fully saturated rings. The van der Waals surface area contributed by atoms with Gasteiger partial charge in [0.15, 0.2) is 0 Å². The Morgan fingerprint density at radius 2 is 2.00 bits per heavy atom. The molecule has 0 N–H and O–H groups in total. The predicted molar refractivity (Wildman–Crippen MR) is 76.7 cm³/mol. The van der Waals surface area contributed by atoms with Crippen LogP contribution in [0.1, 0.15) is 23.7 Å². The van der Waals surface area contributed by atoms with Crippen molar-refractivity contribution < 1.29 is 9.18 Å². The molecule has 2 rings (SSSR count). The molecule has 5 heteroatoms. The summed E-state index contributed by atoms with van der Waals surface area (Å²) in [6, 6.07) is 4.20. The van der Waals surface area contributed by atoms with Gasteiger partial charge in [-0.2, -0.15) is 0 Å². The second-order valence-corrected chi connectivity index (χ2v) is 5.61. The lowest BCUT2D eigenvalue weighted by Crippen LogP contribution is -2.48. The molecule has 0 saturated carbocycles. The van der Waals surface area contributed by atoms with E-state index in [0.717, 1.165) is 39.1 Å². The van der Waals surface area contributed by atoms with E-state index in [1.165, 1.54) is 12.1 Å². The first-order valence-corrected chi connectivity index (χ1v) is 7.37. The molecule has 1 aliphatic heterocycles. The van der Waals surface area contributed by atoms with Crippen LogP contribution in [-0.4, -0.2) is 48.4 Å². The second kappa shape index (κ2) is 6.48. The van der Waals surface area contributed by atoms with Crippen molar-refractivity contribution in [2.24, 2.45) is 0 Å². The Labute approximate surface area is 121 Å². The lowest BCUT2D eigenvalue weighted by molar-refractivity contribution is 0.0636. The summed E-state index contributed by atoms with van der Waals surface area (Å²) in [5.74, 6) is -0.362. The van der Waals surface area contributed by atoms with Crippen LogP contribution in [-0.2, 0) is 0 Å². The van der Waals surface area contributed by atoms with Crippen molar-refractivity contribution in [1.29, 1.82) is 0 Å². The number of hydrogen-bond acceptors (Lipinski definition) is 2. The van der Waals surface area contributed by atoms with E-state index in [-0.39, 0.29) is 11.7 Å². The zero-order valence-corrected chi connectivity index (χ0v) is 12.6.